The number of hydrogen-bond acceptors (Lipinski definition) is 3. The molecule has 5 nitrogen and oxygen atoms in total. The van der Waals surface area contributed by atoms with Crippen molar-refractivity contribution in [2.24, 2.45) is 0 Å². The van der Waals surface area contributed by atoms with Crippen LogP contribution in [0.2, 0.25) is 0 Å². The van der Waals surface area contributed by atoms with Crippen LogP contribution in [0, 0.1) is 13.8 Å². The fourth-order valence-electron chi connectivity index (χ4n) is 1.97. The lowest BCUT2D eigenvalue weighted by Crippen LogP contribution is -2.16. The van der Waals surface area contributed by atoms with Gasteiger partial charge in [0, 0.05) is 4.47 Å². The lowest BCUT2D eigenvalue weighted by molar-refractivity contribution is 0.0696. The molecule has 0 atom stereocenters. The minimum Gasteiger partial charge on any atom is -0.478 e. The smallest absolute Gasteiger partial charge is 0.335 e. The van der Waals surface area contributed by atoms with Gasteiger partial charge >= 0.3 is 5.97 Å². The van der Waals surface area contributed by atoms with Gasteiger partial charge < -0.3 is 5.11 Å². The number of carboxylic acids is 1. The van der Waals surface area contributed by atoms with Crippen molar-refractivity contribution in [3.05, 3.63) is 57.6 Å². The van der Waals surface area contributed by atoms with E-state index in [4.69, 9.17) is 5.11 Å². The van der Waals surface area contributed by atoms with E-state index in [1.807, 2.05) is 0 Å². The molecule has 22 heavy (non-hydrogen) atoms. The van der Waals surface area contributed by atoms with E-state index in [2.05, 4.69) is 20.7 Å². The Labute approximate surface area is 137 Å². The number of nitrogens with one attached hydrogen (secondary N) is 1. The molecule has 7 heteroatoms. The van der Waals surface area contributed by atoms with Crippen molar-refractivity contribution in [3.8, 4) is 0 Å². The summed E-state index contributed by atoms with van der Waals surface area (Å²) in [7, 11) is -3.89. The first kappa shape index (κ1) is 16.5. The second-order valence-electron chi connectivity index (χ2n) is 4.81. The Morgan fingerprint density at radius 2 is 1.82 bits per heavy atom. The fourth-order valence-corrected chi connectivity index (χ4v) is 3.91. The van der Waals surface area contributed by atoms with E-state index in [1.54, 1.807) is 38.1 Å². The van der Waals surface area contributed by atoms with Crippen LogP contribution in [0.3, 0.4) is 0 Å². The average Bonchev–Trinajstić information content (AvgIpc) is 2.43. The maximum absolute atomic E-state index is 12.6. The summed E-state index contributed by atoms with van der Waals surface area (Å²) in [5.41, 5.74) is 1.45. The normalized spacial score (nSPS) is 11.2. The number of sulfonamides is 1. The number of rotatable bonds is 4. The van der Waals surface area contributed by atoms with Gasteiger partial charge in [-0.05, 0) is 65.2 Å². The molecule has 0 aliphatic rings. The SMILES string of the molecule is Cc1cc(C(=O)O)cc(S(=O)(=O)Nc2ccccc2Br)c1C. The maximum Gasteiger partial charge on any atom is 0.335 e. The third-order valence-electron chi connectivity index (χ3n) is 3.27. The van der Waals surface area contributed by atoms with E-state index in [1.165, 1.54) is 12.1 Å². The van der Waals surface area contributed by atoms with Crippen LogP contribution in [0.4, 0.5) is 5.69 Å². The second-order valence-corrected chi connectivity index (χ2v) is 7.31. The number of aromatic carboxylic acids is 1. The van der Waals surface area contributed by atoms with Gasteiger partial charge in [-0.3, -0.25) is 4.72 Å². The summed E-state index contributed by atoms with van der Waals surface area (Å²) < 4.78 is 28.2. The average molecular weight is 384 g/mol. The summed E-state index contributed by atoms with van der Waals surface area (Å²) in [5.74, 6) is -1.17. The Hall–Kier alpha value is -1.86. The molecule has 116 valence electrons. The first-order chi connectivity index (χ1) is 10.2. The first-order valence-electron chi connectivity index (χ1n) is 6.34. The standard InChI is InChI=1S/C15H14BrNO4S/c1-9-7-11(15(18)19)8-14(10(9)2)22(20,21)17-13-6-4-3-5-12(13)16/h3-8,17H,1-2H3,(H,18,19). The minimum atomic E-state index is -3.89. The van der Waals surface area contributed by atoms with Gasteiger partial charge in [-0.25, -0.2) is 13.2 Å². The monoisotopic (exact) mass is 383 g/mol. The molecule has 2 rings (SSSR count). The van der Waals surface area contributed by atoms with Crippen molar-refractivity contribution in [1.29, 1.82) is 0 Å². The van der Waals surface area contributed by atoms with Gasteiger partial charge in [0.2, 0.25) is 0 Å². The number of aryl methyl sites for hydroxylation is 1. The molecular weight excluding hydrogens is 370 g/mol. The van der Waals surface area contributed by atoms with Gasteiger partial charge in [0.15, 0.2) is 0 Å². The summed E-state index contributed by atoms with van der Waals surface area (Å²) in [5, 5.41) is 9.10. The molecular formula is C15H14BrNO4S. The Bertz CT molecular complexity index is 847. The van der Waals surface area contributed by atoms with Crippen LogP contribution in [0.25, 0.3) is 0 Å². The summed E-state index contributed by atoms with van der Waals surface area (Å²) in [4.78, 5) is 11.1. The number of carboxylic acid groups (broad SMARTS) is 1. The topological polar surface area (TPSA) is 83.5 Å². The first-order valence-corrected chi connectivity index (χ1v) is 8.62. The largest absolute Gasteiger partial charge is 0.478 e. The summed E-state index contributed by atoms with van der Waals surface area (Å²) in [6, 6.07) is 9.42. The van der Waals surface area contributed by atoms with Crippen LogP contribution in [0.1, 0.15) is 21.5 Å². The van der Waals surface area contributed by atoms with Crippen LogP contribution in [0.15, 0.2) is 45.8 Å². The van der Waals surface area contributed by atoms with Gasteiger partial charge in [-0.2, -0.15) is 0 Å². The minimum absolute atomic E-state index is 0.0411. The predicted octanol–water partition coefficient (Wildman–Crippen LogP) is 3.56. The summed E-state index contributed by atoms with van der Waals surface area (Å²) in [6.45, 7) is 3.33. The maximum atomic E-state index is 12.6. The quantitative estimate of drug-likeness (QED) is 0.844. The molecule has 0 aliphatic carbocycles. The van der Waals surface area contributed by atoms with Crippen molar-refractivity contribution in [1.82, 2.24) is 0 Å². The number of carbonyl (C=O) groups is 1. The van der Waals surface area contributed by atoms with Crippen molar-refractivity contribution in [3.63, 3.8) is 0 Å². The van der Waals surface area contributed by atoms with Crippen LogP contribution < -0.4 is 4.72 Å². The Kier molecular flexibility index (Phi) is 4.58. The Morgan fingerprint density at radius 1 is 1.18 bits per heavy atom. The Morgan fingerprint density at radius 3 is 2.41 bits per heavy atom. The van der Waals surface area contributed by atoms with Gasteiger partial charge in [0.1, 0.15) is 0 Å². The van der Waals surface area contributed by atoms with Crippen molar-refractivity contribution in [2.45, 2.75) is 18.7 Å². The second kappa shape index (κ2) is 6.10. The van der Waals surface area contributed by atoms with Gasteiger partial charge in [-0.1, -0.05) is 12.1 Å². The third kappa shape index (κ3) is 3.31. The number of para-hydroxylation sites is 1. The molecule has 0 unspecified atom stereocenters. The number of halogens is 1. The number of benzene rings is 2. The van der Waals surface area contributed by atoms with E-state index in [-0.39, 0.29) is 10.5 Å². The molecule has 0 radical (unpaired) electrons. The molecule has 0 saturated heterocycles. The lowest BCUT2D eigenvalue weighted by atomic mass is 10.1. The molecule has 2 aromatic carbocycles. The molecule has 0 saturated carbocycles. The van der Waals surface area contributed by atoms with Crippen LogP contribution in [0.5, 0.6) is 0 Å². The van der Waals surface area contributed by atoms with E-state index >= 15 is 0 Å². The van der Waals surface area contributed by atoms with Crippen molar-refractivity contribution < 1.29 is 18.3 Å². The molecule has 0 aliphatic heterocycles. The van der Waals surface area contributed by atoms with Crippen molar-refractivity contribution in [2.75, 3.05) is 4.72 Å². The molecule has 0 spiro atoms. The van der Waals surface area contributed by atoms with E-state index in [0.29, 0.717) is 21.3 Å². The molecule has 0 aromatic heterocycles. The van der Waals surface area contributed by atoms with Crippen LogP contribution in [-0.2, 0) is 10.0 Å². The number of hydrogen-bond donors (Lipinski definition) is 2. The highest BCUT2D eigenvalue weighted by atomic mass is 79.9. The van der Waals surface area contributed by atoms with Crippen LogP contribution >= 0.6 is 15.9 Å². The van der Waals surface area contributed by atoms with Crippen molar-refractivity contribution >= 4 is 37.6 Å². The third-order valence-corrected chi connectivity index (χ3v) is 5.46. The predicted molar refractivity (Wildman–Crippen MR) is 87.8 cm³/mol. The molecule has 0 heterocycles. The van der Waals surface area contributed by atoms with Gasteiger partial charge in [0.05, 0.1) is 16.1 Å². The zero-order valence-electron chi connectivity index (χ0n) is 11.9. The zero-order chi connectivity index (χ0) is 16.5. The lowest BCUT2D eigenvalue weighted by Gasteiger charge is -2.14. The molecule has 2 N–H and O–H groups in total. The molecule has 2 aromatic rings. The zero-order valence-corrected chi connectivity index (χ0v) is 14.3. The highest BCUT2D eigenvalue weighted by molar-refractivity contribution is 9.10. The number of anilines is 1. The van der Waals surface area contributed by atoms with Gasteiger partial charge in [0.25, 0.3) is 10.0 Å². The molecule has 0 fully saturated rings. The highest BCUT2D eigenvalue weighted by Gasteiger charge is 2.21. The van der Waals surface area contributed by atoms with Crippen LogP contribution in [-0.4, -0.2) is 19.5 Å². The fraction of sp³-hybridized carbons (Fsp3) is 0.133. The Balaban J connectivity index is 2.54. The van der Waals surface area contributed by atoms with Gasteiger partial charge in [-0.15, -0.1) is 0 Å². The molecule has 0 amide bonds. The van der Waals surface area contributed by atoms with E-state index < -0.39 is 16.0 Å². The summed E-state index contributed by atoms with van der Waals surface area (Å²) >= 11 is 3.27. The highest BCUT2D eigenvalue weighted by Crippen LogP contribution is 2.27. The molecule has 0 bridgehead atoms. The summed E-state index contributed by atoms with van der Waals surface area (Å²) in [6.07, 6.45) is 0. The van der Waals surface area contributed by atoms with E-state index in [0.717, 1.165) is 0 Å². The van der Waals surface area contributed by atoms with E-state index in [9.17, 15) is 13.2 Å².